The molecule has 0 fully saturated rings. The smallest absolute Gasteiger partial charge is 0.226 e. The third-order valence-corrected chi connectivity index (χ3v) is 7.48. The van der Waals surface area contributed by atoms with Gasteiger partial charge in [0.05, 0.1) is 16.3 Å². The summed E-state index contributed by atoms with van der Waals surface area (Å²) in [5.74, 6) is 0.455. The van der Waals surface area contributed by atoms with E-state index in [9.17, 15) is 13.2 Å². The highest BCUT2D eigenvalue weighted by Crippen LogP contribution is 2.32. The lowest BCUT2D eigenvalue weighted by molar-refractivity contribution is -0.116. The second-order valence-electron chi connectivity index (χ2n) is 7.02. The number of nitrogens with zero attached hydrogens (tertiary/aromatic N) is 1. The number of aromatic nitrogens is 1. The monoisotopic (exact) mass is 392 g/mol. The average Bonchev–Trinajstić information content (AvgIpc) is 2.96. The van der Waals surface area contributed by atoms with E-state index < -0.39 is 9.84 Å². The van der Waals surface area contributed by atoms with E-state index in [2.05, 4.69) is 17.2 Å². The molecule has 140 valence electrons. The lowest BCUT2D eigenvalue weighted by Crippen LogP contribution is -2.14. The van der Waals surface area contributed by atoms with Gasteiger partial charge in [0, 0.05) is 11.3 Å². The minimum Gasteiger partial charge on any atom is -0.302 e. The lowest BCUT2D eigenvalue weighted by atomic mass is 9.93. The summed E-state index contributed by atoms with van der Waals surface area (Å²) < 4.78 is 24.6. The number of rotatable bonds is 6. The van der Waals surface area contributed by atoms with Gasteiger partial charge in [-0.25, -0.2) is 13.4 Å². The molecule has 0 saturated carbocycles. The van der Waals surface area contributed by atoms with E-state index in [1.165, 1.54) is 4.88 Å². The Morgan fingerprint density at radius 2 is 2.04 bits per heavy atom. The van der Waals surface area contributed by atoms with Crippen LogP contribution >= 0.6 is 11.3 Å². The van der Waals surface area contributed by atoms with Crippen LogP contribution in [-0.2, 0) is 27.5 Å². The van der Waals surface area contributed by atoms with E-state index >= 15 is 0 Å². The van der Waals surface area contributed by atoms with Gasteiger partial charge >= 0.3 is 0 Å². The molecule has 1 aliphatic carbocycles. The summed E-state index contributed by atoms with van der Waals surface area (Å²) >= 11 is 1.54. The molecule has 0 radical (unpaired) electrons. The maximum Gasteiger partial charge on any atom is 0.226 e. The number of sulfone groups is 1. The Kier molecular flexibility index (Phi) is 5.77. The topological polar surface area (TPSA) is 76.1 Å². The van der Waals surface area contributed by atoms with E-state index in [1.54, 1.807) is 35.6 Å². The van der Waals surface area contributed by atoms with Crippen molar-refractivity contribution in [3.8, 4) is 0 Å². The number of aryl methyl sites for hydroxylation is 2. The van der Waals surface area contributed by atoms with Gasteiger partial charge in [-0.1, -0.05) is 24.6 Å². The van der Waals surface area contributed by atoms with Gasteiger partial charge in [-0.3, -0.25) is 4.79 Å². The Labute approximate surface area is 158 Å². The first kappa shape index (κ1) is 19.0. The van der Waals surface area contributed by atoms with Crippen LogP contribution in [0.25, 0.3) is 0 Å². The average molecular weight is 393 g/mol. The van der Waals surface area contributed by atoms with Crippen LogP contribution in [0.1, 0.15) is 42.3 Å². The standard InChI is InChI=1S/C19H24N2O3S2/c1-13-5-8-15(9-6-13)26(23,24)11-3-4-18(22)21-19-20-16-10-7-14(2)12-17(16)25-19/h5-6,8-9,14H,3-4,7,10-12H2,1-2H3,(H,20,21,22). The zero-order valence-electron chi connectivity index (χ0n) is 15.1. The highest BCUT2D eigenvalue weighted by molar-refractivity contribution is 7.91. The molecule has 1 N–H and O–H groups in total. The number of anilines is 1. The highest BCUT2D eigenvalue weighted by atomic mass is 32.2. The second-order valence-corrected chi connectivity index (χ2v) is 10.2. The molecule has 7 heteroatoms. The molecule has 0 bridgehead atoms. The van der Waals surface area contributed by atoms with Crippen molar-refractivity contribution >= 4 is 32.2 Å². The number of carbonyl (C=O) groups excluding carboxylic acids is 1. The van der Waals surface area contributed by atoms with Crippen molar-refractivity contribution in [2.24, 2.45) is 5.92 Å². The van der Waals surface area contributed by atoms with Gasteiger partial charge in [0.1, 0.15) is 0 Å². The predicted octanol–water partition coefficient (Wildman–Crippen LogP) is 3.77. The number of benzene rings is 1. The predicted molar refractivity (Wildman–Crippen MR) is 104 cm³/mol. The second kappa shape index (κ2) is 7.88. The first-order valence-electron chi connectivity index (χ1n) is 8.91. The van der Waals surface area contributed by atoms with Crippen molar-refractivity contribution in [3.63, 3.8) is 0 Å². The molecule has 1 aromatic carbocycles. The SMILES string of the molecule is Cc1ccc(S(=O)(=O)CCCC(=O)Nc2nc3c(s2)CC(C)CC3)cc1. The van der Waals surface area contributed by atoms with Crippen LogP contribution in [0.5, 0.6) is 0 Å². The van der Waals surface area contributed by atoms with Gasteiger partial charge in [-0.2, -0.15) is 0 Å². The lowest BCUT2D eigenvalue weighted by Gasteiger charge is -2.15. The third-order valence-electron chi connectivity index (χ3n) is 4.63. The highest BCUT2D eigenvalue weighted by Gasteiger charge is 2.20. The largest absolute Gasteiger partial charge is 0.302 e. The summed E-state index contributed by atoms with van der Waals surface area (Å²) in [4.78, 5) is 18.2. The van der Waals surface area contributed by atoms with E-state index in [0.29, 0.717) is 22.4 Å². The zero-order valence-corrected chi connectivity index (χ0v) is 16.8. The van der Waals surface area contributed by atoms with Crippen LogP contribution in [0, 0.1) is 12.8 Å². The van der Waals surface area contributed by atoms with E-state index in [0.717, 1.165) is 30.5 Å². The molecular formula is C19H24N2O3S2. The minimum absolute atomic E-state index is 0.0324. The first-order valence-corrected chi connectivity index (χ1v) is 11.4. The number of fused-ring (bicyclic) bond motifs is 1. The van der Waals surface area contributed by atoms with Crippen LogP contribution in [0.3, 0.4) is 0 Å². The first-order chi connectivity index (χ1) is 12.3. The molecule has 5 nitrogen and oxygen atoms in total. The molecule has 0 aliphatic heterocycles. The molecule has 1 aromatic heterocycles. The summed E-state index contributed by atoms with van der Waals surface area (Å²) in [7, 11) is -3.35. The van der Waals surface area contributed by atoms with Gasteiger partial charge in [0.25, 0.3) is 0 Å². The summed E-state index contributed by atoms with van der Waals surface area (Å²) in [5.41, 5.74) is 2.12. The van der Waals surface area contributed by atoms with Gasteiger partial charge in [0.2, 0.25) is 5.91 Å². The molecule has 1 heterocycles. The normalized spacial score (nSPS) is 16.9. The third kappa shape index (κ3) is 4.71. The van der Waals surface area contributed by atoms with Crippen LogP contribution in [0.15, 0.2) is 29.2 Å². The van der Waals surface area contributed by atoms with Crippen LogP contribution in [0.4, 0.5) is 5.13 Å². The maximum absolute atomic E-state index is 12.3. The number of thiazole rings is 1. The molecule has 26 heavy (non-hydrogen) atoms. The Hall–Kier alpha value is -1.73. The van der Waals surface area contributed by atoms with E-state index in [-0.39, 0.29) is 18.1 Å². The van der Waals surface area contributed by atoms with Gasteiger partial charge in [-0.05, 0) is 50.7 Å². The van der Waals surface area contributed by atoms with Gasteiger partial charge in [-0.15, -0.1) is 11.3 Å². The molecule has 0 spiro atoms. The van der Waals surface area contributed by atoms with Crippen molar-refractivity contribution < 1.29 is 13.2 Å². The Balaban J connectivity index is 1.51. The molecular weight excluding hydrogens is 368 g/mol. The molecule has 1 amide bonds. The molecule has 2 aromatic rings. The molecule has 1 unspecified atom stereocenters. The quantitative estimate of drug-likeness (QED) is 0.812. The molecule has 3 rings (SSSR count). The summed E-state index contributed by atoms with van der Waals surface area (Å²) in [6, 6.07) is 6.80. The van der Waals surface area contributed by atoms with E-state index in [4.69, 9.17) is 0 Å². The maximum atomic E-state index is 12.3. The van der Waals surface area contributed by atoms with Crippen LogP contribution < -0.4 is 5.32 Å². The van der Waals surface area contributed by atoms with Gasteiger partial charge < -0.3 is 5.32 Å². The van der Waals surface area contributed by atoms with Crippen molar-refractivity contribution in [1.82, 2.24) is 4.98 Å². The summed E-state index contributed by atoms with van der Waals surface area (Å²) in [6.07, 6.45) is 3.60. The number of amides is 1. The van der Waals surface area contributed by atoms with Crippen LogP contribution in [0.2, 0.25) is 0 Å². The number of carbonyl (C=O) groups is 1. The summed E-state index contributed by atoms with van der Waals surface area (Å²) in [5, 5.41) is 3.46. The molecule has 1 atom stereocenters. The Morgan fingerprint density at radius 3 is 2.77 bits per heavy atom. The fourth-order valence-electron chi connectivity index (χ4n) is 3.06. The fraction of sp³-hybridized carbons (Fsp3) is 0.474. The van der Waals surface area contributed by atoms with Crippen molar-refractivity contribution in [2.75, 3.05) is 11.1 Å². The van der Waals surface area contributed by atoms with Gasteiger partial charge in [0.15, 0.2) is 15.0 Å². The Morgan fingerprint density at radius 1 is 1.31 bits per heavy atom. The molecule has 1 aliphatic rings. The number of nitrogens with one attached hydrogen (secondary N) is 1. The number of hydrogen-bond acceptors (Lipinski definition) is 5. The van der Waals surface area contributed by atoms with Crippen LogP contribution in [-0.4, -0.2) is 25.1 Å². The zero-order chi connectivity index (χ0) is 18.7. The van der Waals surface area contributed by atoms with Crippen molar-refractivity contribution in [3.05, 3.63) is 40.4 Å². The number of hydrogen-bond donors (Lipinski definition) is 1. The summed E-state index contributed by atoms with van der Waals surface area (Å²) in [6.45, 7) is 4.15. The Bertz CT molecular complexity index is 886. The fourth-order valence-corrected chi connectivity index (χ4v) is 5.56. The minimum atomic E-state index is -3.35. The van der Waals surface area contributed by atoms with Crippen molar-refractivity contribution in [2.45, 2.75) is 50.8 Å². The van der Waals surface area contributed by atoms with E-state index in [1.807, 2.05) is 6.92 Å². The van der Waals surface area contributed by atoms with Crippen molar-refractivity contribution in [1.29, 1.82) is 0 Å². The molecule has 0 saturated heterocycles.